The zero-order valence-electron chi connectivity index (χ0n) is 93.4. The lowest BCUT2D eigenvalue weighted by atomic mass is 9.61. The molecule has 0 aromatic carbocycles. The molecule has 1 aliphatic carbocycles. The van der Waals surface area contributed by atoms with Crippen molar-refractivity contribution in [3.63, 3.8) is 0 Å². The van der Waals surface area contributed by atoms with Gasteiger partial charge in [-0.05, 0) is 376 Å². The molecule has 770 valence electrons. The summed E-state index contributed by atoms with van der Waals surface area (Å²) in [4.78, 5) is 30.1. The minimum atomic E-state index is -0.116. The van der Waals surface area contributed by atoms with Crippen molar-refractivity contribution in [1.82, 2.24) is 64.6 Å². The van der Waals surface area contributed by atoms with Crippen molar-refractivity contribution < 1.29 is 37.9 Å². The van der Waals surface area contributed by atoms with Crippen LogP contribution in [0.5, 0.6) is 0 Å². The zero-order chi connectivity index (χ0) is 98.3. The molecule has 2 atom stereocenters. The standard InChI is InChI=1S/C20H35N3O2.C20H39NO2.C18H39N3.C17H36N2O2.2C17H36N2O/c1-19(2,3)24-15-17-7-8-18(21-13-17)14-22-9-11-23(12-10-22)16-25-20(4,5)6;1-18(2,3)16-22-17-14-20(15-17)8-11-21(12-9-20)10-7-13-23-19(4,5)6;1-17(2,3)9-7-11-20-12-8-13-21(16-15-20)14-10-19-18(4,5)6;1-15(14-21-17(5,6)7)19-10-8-18(9-11-19)12-13-20-16(2,3)4;1-16(2,3)18-10-7-15-8-11-19(12-9-15)13-14-20-17(4,5)6;1-15(14-20-17(5,6)7)19-12-10-18(11-13-19)9-8-16(2,3)4/h7-8,13H,9-12,14-16H2,1-6H3;17H,7-16H2,1-6H3;19H,7-16H2,1-6H3;15H,8-14H2,1-7H3;15,18H,7-14H2,1-6H3;15H,8-14H2,1-7H3. The molecule has 0 radical (unpaired) electrons. The third-order valence-electron chi connectivity index (χ3n) is 25.0. The van der Waals surface area contributed by atoms with E-state index < -0.39 is 0 Å². The summed E-state index contributed by atoms with van der Waals surface area (Å²) in [6.45, 7) is 123. The quantitative estimate of drug-likeness (QED) is 0.0622. The molecule has 130 heavy (non-hydrogen) atoms. The summed E-state index contributed by atoms with van der Waals surface area (Å²) in [6.07, 6.45) is 18.3. The number of ether oxygens (including phenoxy) is 8. The predicted molar refractivity (Wildman–Crippen MR) is 556 cm³/mol. The van der Waals surface area contributed by atoms with Crippen LogP contribution in [-0.2, 0) is 51.0 Å². The molecule has 1 saturated carbocycles. The second-order valence-corrected chi connectivity index (χ2v) is 52.6. The molecule has 7 aliphatic rings. The number of likely N-dealkylation sites (tertiary alicyclic amines) is 2. The lowest BCUT2D eigenvalue weighted by molar-refractivity contribution is -0.119. The minimum absolute atomic E-state index is 0.0000457. The van der Waals surface area contributed by atoms with E-state index in [4.69, 9.17) is 37.9 Å². The van der Waals surface area contributed by atoms with Crippen LogP contribution in [0.25, 0.3) is 0 Å². The van der Waals surface area contributed by atoms with Crippen LogP contribution in [0.1, 0.15) is 351 Å². The molecule has 0 amide bonds. The number of nitrogens with one attached hydrogen (secondary N) is 2. The Hall–Kier alpha value is -1.65. The molecule has 1 spiro atoms. The van der Waals surface area contributed by atoms with Gasteiger partial charge in [-0.1, -0.05) is 68.4 Å². The van der Waals surface area contributed by atoms with Gasteiger partial charge in [0.1, 0.15) is 0 Å². The Balaban J connectivity index is 0.000000403. The van der Waals surface area contributed by atoms with E-state index in [1.807, 2.05) is 6.20 Å². The highest BCUT2D eigenvalue weighted by Crippen LogP contribution is 2.50. The van der Waals surface area contributed by atoms with Crippen molar-refractivity contribution in [2.75, 3.05) is 230 Å². The van der Waals surface area contributed by atoms with Gasteiger partial charge in [-0.25, -0.2) is 0 Å². The van der Waals surface area contributed by atoms with Crippen LogP contribution < -0.4 is 10.6 Å². The first-order chi connectivity index (χ1) is 59.6. The van der Waals surface area contributed by atoms with Crippen molar-refractivity contribution in [2.24, 2.45) is 27.6 Å². The Morgan fingerprint density at radius 3 is 1.19 bits per heavy atom. The third kappa shape index (κ3) is 66.8. The van der Waals surface area contributed by atoms with Crippen molar-refractivity contribution >= 4 is 0 Å². The van der Waals surface area contributed by atoms with Gasteiger partial charge in [-0.3, -0.25) is 29.5 Å². The maximum absolute atomic E-state index is 6.08. The Bertz CT molecular complexity index is 2920. The molecular weight excluding hydrogens is 1620 g/mol. The first-order valence-electron chi connectivity index (χ1n) is 52.4. The maximum atomic E-state index is 6.08. The lowest BCUT2D eigenvalue weighted by Gasteiger charge is -2.52. The summed E-state index contributed by atoms with van der Waals surface area (Å²) in [5, 5.41) is 7.19. The molecule has 2 unspecified atom stereocenters. The number of rotatable bonds is 35. The van der Waals surface area contributed by atoms with E-state index in [-0.39, 0.29) is 50.3 Å². The van der Waals surface area contributed by atoms with Gasteiger partial charge in [-0.15, -0.1) is 0 Å². The fourth-order valence-electron chi connectivity index (χ4n) is 16.5. The molecule has 21 heteroatoms. The molecule has 21 nitrogen and oxygen atoms in total. The van der Waals surface area contributed by atoms with Gasteiger partial charge in [0.25, 0.3) is 0 Å². The van der Waals surface area contributed by atoms with Crippen molar-refractivity contribution in [3.05, 3.63) is 29.6 Å². The van der Waals surface area contributed by atoms with Gasteiger partial charge in [0.15, 0.2) is 0 Å². The monoisotopic (exact) mass is 1840 g/mol. The molecule has 1 aromatic heterocycles. The Labute approximate surface area is 806 Å². The Morgan fingerprint density at radius 2 is 0.762 bits per heavy atom. The molecular formula is C109H221N13O8. The second-order valence-electron chi connectivity index (χ2n) is 52.6. The van der Waals surface area contributed by atoms with Gasteiger partial charge in [0, 0.05) is 167 Å². The summed E-state index contributed by atoms with van der Waals surface area (Å²) in [6, 6.07) is 5.27. The Kier molecular flexibility index (Phi) is 54.6. The van der Waals surface area contributed by atoms with E-state index in [1.165, 1.54) is 175 Å². The number of nitrogens with zero attached hydrogens (tertiary/aromatic N) is 11. The lowest BCUT2D eigenvalue weighted by Crippen LogP contribution is -2.51. The van der Waals surface area contributed by atoms with Crippen molar-refractivity contribution in [1.29, 1.82) is 0 Å². The van der Waals surface area contributed by atoms with Crippen LogP contribution in [0.4, 0.5) is 0 Å². The number of hydrogen-bond acceptors (Lipinski definition) is 21. The number of piperidine rings is 2. The molecule has 8 rings (SSSR count). The van der Waals surface area contributed by atoms with Crippen molar-refractivity contribution in [2.45, 2.75) is 422 Å². The van der Waals surface area contributed by atoms with E-state index in [9.17, 15) is 0 Å². The normalized spacial score (nSPS) is 20.3. The predicted octanol–water partition coefficient (Wildman–Crippen LogP) is 20.2. The van der Waals surface area contributed by atoms with Crippen LogP contribution >= 0.6 is 0 Å². The highest BCUT2D eigenvalue weighted by atomic mass is 16.5. The van der Waals surface area contributed by atoms with Gasteiger partial charge in [-0.2, -0.15) is 0 Å². The van der Waals surface area contributed by atoms with Crippen LogP contribution in [0.15, 0.2) is 18.3 Å². The first-order valence-corrected chi connectivity index (χ1v) is 52.4. The highest BCUT2D eigenvalue weighted by molar-refractivity contribution is 5.13. The smallest absolute Gasteiger partial charge is 0.0998 e. The fraction of sp³-hybridized carbons (Fsp3) is 0.954. The van der Waals surface area contributed by atoms with Crippen LogP contribution in [0, 0.1) is 27.6 Å². The summed E-state index contributed by atoms with van der Waals surface area (Å²) in [5.74, 6) is 0.907. The van der Waals surface area contributed by atoms with Gasteiger partial charge < -0.3 is 73.0 Å². The largest absolute Gasteiger partial charge is 0.378 e. The number of pyridine rings is 1. The van der Waals surface area contributed by atoms with E-state index >= 15 is 0 Å². The maximum Gasteiger partial charge on any atom is 0.0998 e. The van der Waals surface area contributed by atoms with Gasteiger partial charge >= 0.3 is 0 Å². The van der Waals surface area contributed by atoms with E-state index in [2.05, 4.69) is 340 Å². The average Bonchev–Trinajstić information content (AvgIpc) is 0.799. The zero-order valence-corrected chi connectivity index (χ0v) is 93.4. The van der Waals surface area contributed by atoms with E-state index in [1.54, 1.807) is 0 Å². The topological polar surface area (TPSA) is 143 Å². The minimum Gasteiger partial charge on any atom is -0.378 e. The van der Waals surface area contributed by atoms with Crippen molar-refractivity contribution in [3.8, 4) is 0 Å². The SMILES string of the molecule is CC(C)(C)CCCN1CCCN(CCNC(C)(C)C)CC1.CC(C)(C)COC1CC2(CCN(CCCOC(C)(C)C)CC2)C1.CC(C)(C)NCCC1CCN(CCOC(C)(C)C)CC1.CC(C)(C)OCc1ccc(CN2CCN(COC(C)(C)C)CC2)nc1.CC(COC(C)(C)C)N1CCN(CCC(C)(C)C)CC1.CC(COC(C)(C)C)N1CCN(CCOC(C)(C)C)CC1. The molecule has 6 saturated heterocycles. The van der Waals surface area contributed by atoms with E-state index in [0.29, 0.717) is 46.5 Å². The summed E-state index contributed by atoms with van der Waals surface area (Å²) in [7, 11) is 0. The van der Waals surface area contributed by atoms with Crippen LogP contribution in [0.3, 0.4) is 0 Å². The van der Waals surface area contributed by atoms with Crippen LogP contribution in [-0.4, -0.2) is 352 Å². The summed E-state index contributed by atoms with van der Waals surface area (Å²) in [5.41, 5.74) is 4.30. The molecule has 7 fully saturated rings. The first kappa shape index (κ1) is 123. The van der Waals surface area contributed by atoms with Crippen LogP contribution in [0.2, 0.25) is 0 Å². The van der Waals surface area contributed by atoms with Gasteiger partial charge in [0.05, 0.1) is 97.4 Å². The summed E-state index contributed by atoms with van der Waals surface area (Å²) < 4.78 is 47.0. The Morgan fingerprint density at radius 1 is 0.369 bits per heavy atom. The van der Waals surface area contributed by atoms with Gasteiger partial charge in [0.2, 0.25) is 0 Å². The fourth-order valence-corrected chi connectivity index (χ4v) is 16.5. The molecule has 0 bridgehead atoms. The van der Waals surface area contributed by atoms with E-state index in [0.717, 1.165) is 155 Å². The number of aromatic nitrogens is 1. The second kappa shape index (κ2) is 57.9. The molecule has 7 heterocycles. The number of piperazine rings is 3. The number of hydrogen-bond donors (Lipinski definition) is 2. The molecule has 1 aromatic rings. The molecule has 6 aliphatic heterocycles. The average molecular weight is 1840 g/mol. The molecule has 2 N–H and O–H groups in total. The highest BCUT2D eigenvalue weighted by Gasteiger charge is 2.47. The third-order valence-corrected chi connectivity index (χ3v) is 25.0. The summed E-state index contributed by atoms with van der Waals surface area (Å²) >= 11 is 0.